The molecule has 2 amide bonds. The van der Waals surface area contributed by atoms with Crippen LogP contribution in [0, 0.1) is 5.92 Å². The van der Waals surface area contributed by atoms with Crippen LogP contribution in [0.2, 0.25) is 0 Å². The van der Waals surface area contributed by atoms with E-state index in [9.17, 15) is 9.59 Å². The fourth-order valence-electron chi connectivity index (χ4n) is 2.27. The molecule has 6 heteroatoms. The molecule has 2 N–H and O–H groups in total. The molecule has 0 aromatic rings. The van der Waals surface area contributed by atoms with Gasteiger partial charge in [-0.25, -0.2) is 4.79 Å². The fourth-order valence-corrected chi connectivity index (χ4v) is 3.34. The van der Waals surface area contributed by atoms with Crippen molar-refractivity contribution in [3.05, 3.63) is 0 Å². The van der Waals surface area contributed by atoms with Crippen LogP contribution in [0.15, 0.2) is 0 Å². The first-order chi connectivity index (χ1) is 8.95. The Morgan fingerprint density at radius 3 is 2.68 bits per heavy atom. The van der Waals surface area contributed by atoms with Crippen LogP contribution in [-0.4, -0.2) is 52.1 Å². The third-order valence-corrected chi connectivity index (χ3v) is 4.54. The van der Waals surface area contributed by atoms with Gasteiger partial charge in [0.05, 0.1) is 12.5 Å². The molecule has 1 rings (SSSR count). The number of rotatable bonds is 5. The predicted molar refractivity (Wildman–Crippen MR) is 77.5 cm³/mol. The zero-order chi connectivity index (χ0) is 14.4. The number of carbonyl (C=O) groups excluding carboxylic acids is 1. The Hall–Kier alpha value is -0.910. The standard InChI is InChI=1S/C13H24N2O3S/c1-4-11(9(2)3)14-13(18)15-5-6-19-8-10(15)7-12(16)17/h9-11H,4-8H2,1-3H3,(H,14,18)(H,16,17). The van der Waals surface area contributed by atoms with Crippen LogP contribution in [-0.2, 0) is 4.79 Å². The number of aliphatic carboxylic acids is 1. The van der Waals surface area contributed by atoms with Crippen molar-refractivity contribution in [2.75, 3.05) is 18.1 Å². The van der Waals surface area contributed by atoms with Crippen molar-refractivity contribution < 1.29 is 14.7 Å². The zero-order valence-electron chi connectivity index (χ0n) is 11.9. The van der Waals surface area contributed by atoms with Crippen molar-refractivity contribution in [2.24, 2.45) is 5.92 Å². The number of amides is 2. The summed E-state index contributed by atoms with van der Waals surface area (Å²) in [7, 11) is 0. The Bertz CT molecular complexity index is 323. The highest BCUT2D eigenvalue weighted by molar-refractivity contribution is 7.99. The predicted octanol–water partition coefficient (Wildman–Crippen LogP) is 2.02. The van der Waals surface area contributed by atoms with E-state index in [-0.39, 0.29) is 24.5 Å². The minimum absolute atomic E-state index is 0.0267. The lowest BCUT2D eigenvalue weighted by molar-refractivity contribution is -0.138. The molecule has 1 saturated heterocycles. The van der Waals surface area contributed by atoms with Crippen molar-refractivity contribution >= 4 is 23.8 Å². The van der Waals surface area contributed by atoms with Gasteiger partial charge in [-0.1, -0.05) is 20.8 Å². The zero-order valence-corrected chi connectivity index (χ0v) is 12.7. The highest BCUT2D eigenvalue weighted by atomic mass is 32.2. The van der Waals surface area contributed by atoms with E-state index in [0.29, 0.717) is 18.2 Å². The maximum absolute atomic E-state index is 12.3. The molecule has 0 spiro atoms. The molecule has 0 bridgehead atoms. The Kier molecular flexibility index (Phi) is 6.48. The fraction of sp³-hybridized carbons (Fsp3) is 0.846. The van der Waals surface area contributed by atoms with E-state index >= 15 is 0 Å². The van der Waals surface area contributed by atoms with Crippen molar-refractivity contribution in [2.45, 2.75) is 45.7 Å². The van der Waals surface area contributed by atoms with E-state index in [4.69, 9.17) is 5.11 Å². The van der Waals surface area contributed by atoms with E-state index in [0.717, 1.165) is 12.2 Å². The molecule has 1 aliphatic heterocycles. The first kappa shape index (κ1) is 16.1. The van der Waals surface area contributed by atoms with Crippen LogP contribution in [0.4, 0.5) is 4.79 Å². The van der Waals surface area contributed by atoms with Crippen LogP contribution in [0.3, 0.4) is 0 Å². The Morgan fingerprint density at radius 2 is 2.16 bits per heavy atom. The van der Waals surface area contributed by atoms with E-state index in [2.05, 4.69) is 19.2 Å². The third-order valence-electron chi connectivity index (χ3n) is 3.45. The largest absolute Gasteiger partial charge is 0.481 e. The van der Waals surface area contributed by atoms with Gasteiger partial charge in [0.2, 0.25) is 0 Å². The Balaban J connectivity index is 2.63. The minimum atomic E-state index is -0.846. The van der Waals surface area contributed by atoms with E-state index in [1.807, 2.05) is 6.92 Å². The maximum atomic E-state index is 12.3. The first-order valence-corrected chi connectivity index (χ1v) is 7.97. The molecule has 0 radical (unpaired) electrons. The van der Waals surface area contributed by atoms with Gasteiger partial charge in [0.1, 0.15) is 0 Å². The Labute approximate surface area is 119 Å². The average Bonchev–Trinajstić information content (AvgIpc) is 2.35. The number of nitrogens with one attached hydrogen (secondary N) is 1. The third kappa shape index (κ3) is 4.93. The van der Waals surface area contributed by atoms with Crippen molar-refractivity contribution in [3.8, 4) is 0 Å². The Morgan fingerprint density at radius 1 is 1.47 bits per heavy atom. The topological polar surface area (TPSA) is 69.6 Å². The van der Waals surface area contributed by atoms with Crippen molar-refractivity contribution in [1.29, 1.82) is 0 Å². The molecular formula is C13H24N2O3S. The second-order valence-electron chi connectivity index (χ2n) is 5.23. The summed E-state index contributed by atoms with van der Waals surface area (Å²) in [4.78, 5) is 24.8. The number of carboxylic acids is 1. The molecule has 0 aromatic heterocycles. The first-order valence-electron chi connectivity index (χ1n) is 6.82. The van der Waals surface area contributed by atoms with Gasteiger partial charge in [-0.2, -0.15) is 11.8 Å². The number of carboxylic acid groups (broad SMARTS) is 1. The molecule has 2 unspecified atom stereocenters. The maximum Gasteiger partial charge on any atom is 0.317 e. The van der Waals surface area contributed by atoms with Crippen LogP contribution >= 0.6 is 11.8 Å². The molecule has 110 valence electrons. The summed E-state index contributed by atoms with van der Waals surface area (Å²) in [6.45, 7) is 6.83. The van der Waals surface area contributed by atoms with Gasteiger partial charge >= 0.3 is 12.0 Å². The average molecular weight is 288 g/mol. The molecule has 0 saturated carbocycles. The minimum Gasteiger partial charge on any atom is -0.481 e. The summed E-state index contributed by atoms with van der Waals surface area (Å²) in [6, 6.07) is -0.166. The lowest BCUT2D eigenvalue weighted by Crippen LogP contribution is -2.54. The molecule has 1 fully saturated rings. The second-order valence-corrected chi connectivity index (χ2v) is 6.38. The number of carbonyl (C=O) groups is 2. The van der Waals surface area contributed by atoms with Crippen LogP contribution in [0.25, 0.3) is 0 Å². The normalized spacial score (nSPS) is 21.3. The summed E-state index contributed by atoms with van der Waals surface area (Å²) in [5.41, 5.74) is 0. The van der Waals surface area contributed by atoms with Gasteiger partial charge in [-0.05, 0) is 12.3 Å². The molecule has 1 aliphatic rings. The van der Waals surface area contributed by atoms with E-state index in [1.54, 1.807) is 16.7 Å². The molecule has 5 nitrogen and oxygen atoms in total. The van der Waals surface area contributed by atoms with Crippen molar-refractivity contribution in [1.82, 2.24) is 10.2 Å². The highest BCUT2D eigenvalue weighted by Crippen LogP contribution is 2.19. The van der Waals surface area contributed by atoms with Crippen LogP contribution in [0.5, 0.6) is 0 Å². The summed E-state index contributed by atoms with van der Waals surface area (Å²) < 4.78 is 0. The number of hydrogen-bond acceptors (Lipinski definition) is 3. The summed E-state index contributed by atoms with van der Waals surface area (Å²) in [6.07, 6.45) is 0.911. The number of urea groups is 1. The quantitative estimate of drug-likeness (QED) is 0.812. The van der Waals surface area contributed by atoms with Gasteiger partial charge in [0.25, 0.3) is 0 Å². The van der Waals surface area contributed by atoms with Gasteiger partial charge in [-0.3, -0.25) is 4.79 Å². The van der Waals surface area contributed by atoms with Gasteiger partial charge in [0.15, 0.2) is 0 Å². The van der Waals surface area contributed by atoms with Gasteiger partial charge in [0, 0.05) is 24.1 Å². The lowest BCUT2D eigenvalue weighted by atomic mass is 10.0. The molecule has 0 aromatic carbocycles. The number of hydrogen-bond donors (Lipinski definition) is 2. The van der Waals surface area contributed by atoms with E-state index < -0.39 is 5.97 Å². The van der Waals surface area contributed by atoms with Gasteiger partial charge < -0.3 is 15.3 Å². The second kappa shape index (κ2) is 7.62. The van der Waals surface area contributed by atoms with Gasteiger partial charge in [-0.15, -0.1) is 0 Å². The summed E-state index contributed by atoms with van der Waals surface area (Å²) in [5.74, 6) is 1.12. The van der Waals surface area contributed by atoms with Crippen molar-refractivity contribution in [3.63, 3.8) is 0 Å². The SMILES string of the molecule is CCC(NC(=O)N1CCSCC1CC(=O)O)C(C)C. The smallest absolute Gasteiger partial charge is 0.317 e. The summed E-state index contributed by atoms with van der Waals surface area (Å²) >= 11 is 1.71. The molecule has 19 heavy (non-hydrogen) atoms. The number of nitrogens with zero attached hydrogens (tertiary/aromatic N) is 1. The number of thioether (sulfide) groups is 1. The lowest BCUT2D eigenvalue weighted by Gasteiger charge is -2.36. The van der Waals surface area contributed by atoms with E-state index in [1.165, 1.54) is 0 Å². The van der Waals surface area contributed by atoms with Crippen LogP contribution in [0.1, 0.15) is 33.6 Å². The molecule has 1 heterocycles. The monoisotopic (exact) mass is 288 g/mol. The highest BCUT2D eigenvalue weighted by Gasteiger charge is 2.30. The molecular weight excluding hydrogens is 264 g/mol. The molecule has 2 atom stereocenters. The molecule has 0 aliphatic carbocycles. The summed E-state index contributed by atoms with van der Waals surface area (Å²) in [5, 5.41) is 11.9. The van der Waals surface area contributed by atoms with Crippen LogP contribution < -0.4 is 5.32 Å².